The molecule has 1 aromatic carbocycles. The van der Waals surface area contributed by atoms with E-state index in [1.807, 2.05) is 13.8 Å². The number of nitrogens with zero attached hydrogens (tertiary/aromatic N) is 3. The molecule has 0 unspecified atom stereocenters. The minimum Gasteiger partial charge on any atom is -0.490 e. The third-order valence-electron chi connectivity index (χ3n) is 2.74. The zero-order chi connectivity index (χ0) is 17.0. The standard InChI is InChI=1S/C15H17BrN4O3/c1-4-22-13-6-11(5-12(16)14(13)23-10(3)21)7-18-20-8-9(2)19-15(20)17/h5-8H,4H2,1-3H3,(H2,17,19). The largest absolute Gasteiger partial charge is 0.490 e. The van der Waals surface area contributed by atoms with Crippen molar-refractivity contribution in [2.75, 3.05) is 12.3 Å². The Labute approximate surface area is 142 Å². The van der Waals surface area contributed by atoms with Crippen LogP contribution in [0.3, 0.4) is 0 Å². The van der Waals surface area contributed by atoms with E-state index in [-0.39, 0.29) is 0 Å². The minimum absolute atomic E-state index is 0.305. The first-order chi connectivity index (χ1) is 10.9. The molecule has 2 N–H and O–H groups in total. The molecule has 0 atom stereocenters. The SMILES string of the molecule is CCOc1cc(C=Nn2cc(C)nc2N)cc(Br)c1OC(C)=O. The molecule has 0 fully saturated rings. The minimum atomic E-state index is -0.422. The Kier molecular flexibility index (Phi) is 5.38. The molecular weight excluding hydrogens is 364 g/mol. The normalized spacial score (nSPS) is 11.0. The summed E-state index contributed by atoms with van der Waals surface area (Å²) in [6.07, 6.45) is 3.33. The molecule has 8 heteroatoms. The van der Waals surface area contributed by atoms with Gasteiger partial charge in [-0.1, -0.05) is 0 Å². The van der Waals surface area contributed by atoms with Crippen molar-refractivity contribution in [1.82, 2.24) is 9.66 Å². The first-order valence-electron chi connectivity index (χ1n) is 6.91. The molecule has 0 saturated heterocycles. The molecular formula is C15H17BrN4O3. The maximum atomic E-state index is 11.2. The van der Waals surface area contributed by atoms with Gasteiger partial charge in [-0.2, -0.15) is 5.10 Å². The lowest BCUT2D eigenvalue weighted by Gasteiger charge is -2.12. The van der Waals surface area contributed by atoms with Gasteiger partial charge in [0.25, 0.3) is 0 Å². The third kappa shape index (κ3) is 4.32. The monoisotopic (exact) mass is 380 g/mol. The number of carbonyl (C=O) groups is 1. The zero-order valence-electron chi connectivity index (χ0n) is 13.0. The number of imidazole rings is 1. The van der Waals surface area contributed by atoms with Gasteiger partial charge >= 0.3 is 5.97 Å². The Balaban J connectivity index is 2.36. The number of ether oxygens (including phenoxy) is 2. The van der Waals surface area contributed by atoms with Gasteiger partial charge in [0, 0.05) is 6.92 Å². The molecule has 1 aromatic heterocycles. The fourth-order valence-corrected chi connectivity index (χ4v) is 2.43. The predicted molar refractivity (Wildman–Crippen MR) is 91.0 cm³/mol. The Morgan fingerprint density at radius 1 is 1.52 bits per heavy atom. The molecule has 23 heavy (non-hydrogen) atoms. The number of aromatic nitrogens is 2. The molecule has 2 rings (SSSR count). The summed E-state index contributed by atoms with van der Waals surface area (Å²) >= 11 is 3.38. The van der Waals surface area contributed by atoms with Crippen LogP contribution in [0.1, 0.15) is 25.1 Å². The van der Waals surface area contributed by atoms with E-state index in [0.29, 0.717) is 28.5 Å². The summed E-state index contributed by atoms with van der Waals surface area (Å²) in [5.74, 6) is 0.678. The number of nitrogen functional groups attached to an aromatic ring is 1. The van der Waals surface area contributed by atoms with Crippen molar-refractivity contribution < 1.29 is 14.3 Å². The van der Waals surface area contributed by atoms with Crippen molar-refractivity contribution in [3.8, 4) is 11.5 Å². The van der Waals surface area contributed by atoms with Crippen molar-refractivity contribution >= 4 is 34.1 Å². The van der Waals surface area contributed by atoms with E-state index in [0.717, 1.165) is 11.3 Å². The molecule has 0 aliphatic rings. The number of halogens is 1. The summed E-state index contributed by atoms with van der Waals surface area (Å²) in [6, 6.07) is 3.50. The van der Waals surface area contributed by atoms with Gasteiger partial charge in [-0.05, 0) is 47.5 Å². The van der Waals surface area contributed by atoms with Crippen LogP contribution < -0.4 is 15.2 Å². The first-order valence-corrected chi connectivity index (χ1v) is 7.70. The van der Waals surface area contributed by atoms with Gasteiger partial charge in [0.1, 0.15) is 0 Å². The molecule has 0 amide bonds. The molecule has 0 bridgehead atoms. The summed E-state index contributed by atoms with van der Waals surface area (Å²) in [6.45, 7) is 5.46. The number of benzene rings is 1. The number of rotatable bonds is 5. The Bertz CT molecular complexity index is 755. The van der Waals surface area contributed by atoms with Crippen LogP contribution in [0.4, 0.5) is 5.95 Å². The van der Waals surface area contributed by atoms with E-state index in [2.05, 4.69) is 26.0 Å². The van der Waals surface area contributed by atoms with E-state index < -0.39 is 5.97 Å². The van der Waals surface area contributed by atoms with Crippen molar-refractivity contribution in [3.63, 3.8) is 0 Å². The van der Waals surface area contributed by atoms with Gasteiger partial charge in [0.05, 0.1) is 29.2 Å². The van der Waals surface area contributed by atoms with Crippen molar-refractivity contribution in [2.24, 2.45) is 5.10 Å². The molecule has 0 aliphatic heterocycles. The van der Waals surface area contributed by atoms with Crippen LogP contribution in [0.2, 0.25) is 0 Å². The van der Waals surface area contributed by atoms with Crippen LogP contribution in [0.25, 0.3) is 0 Å². The average molecular weight is 381 g/mol. The zero-order valence-corrected chi connectivity index (χ0v) is 14.6. The van der Waals surface area contributed by atoms with Crippen LogP contribution in [0.5, 0.6) is 11.5 Å². The smallest absolute Gasteiger partial charge is 0.308 e. The number of hydrogen-bond acceptors (Lipinski definition) is 6. The molecule has 0 radical (unpaired) electrons. The second-order valence-corrected chi connectivity index (χ2v) is 5.54. The lowest BCUT2D eigenvalue weighted by molar-refractivity contribution is -0.132. The van der Waals surface area contributed by atoms with Crippen LogP contribution >= 0.6 is 15.9 Å². The van der Waals surface area contributed by atoms with Crippen molar-refractivity contribution in [3.05, 3.63) is 34.1 Å². The van der Waals surface area contributed by atoms with Gasteiger partial charge < -0.3 is 15.2 Å². The molecule has 0 saturated carbocycles. The summed E-state index contributed by atoms with van der Waals surface area (Å²) in [5.41, 5.74) is 7.27. The van der Waals surface area contributed by atoms with Crippen molar-refractivity contribution in [1.29, 1.82) is 0 Å². The molecule has 122 valence electrons. The maximum absolute atomic E-state index is 11.2. The number of aryl methyl sites for hydroxylation is 1. The number of esters is 1. The van der Waals surface area contributed by atoms with Gasteiger partial charge in [-0.15, -0.1) is 0 Å². The Morgan fingerprint density at radius 2 is 2.26 bits per heavy atom. The molecule has 2 aromatic rings. The average Bonchev–Trinajstić information content (AvgIpc) is 2.78. The second-order valence-electron chi connectivity index (χ2n) is 4.69. The lowest BCUT2D eigenvalue weighted by Crippen LogP contribution is -2.05. The Hall–Kier alpha value is -2.35. The lowest BCUT2D eigenvalue weighted by atomic mass is 10.2. The highest BCUT2D eigenvalue weighted by Gasteiger charge is 2.13. The van der Waals surface area contributed by atoms with Crippen molar-refractivity contribution in [2.45, 2.75) is 20.8 Å². The highest BCUT2D eigenvalue weighted by Crippen LogP contribution is 2.36. The highest BCUT2D eigenvalue weighted by atomic mass is 79.9. The molecule has 1 heterocycles. The van der Waals surface area contributed by atoms with Crippen LogP contribution in [-0.4, -0.2) is 28.5 Å². The predicted octanol–water partition coefficient (Wildman–Crippen LogP) is 2.74. The summed E-state index contributed by atoms with van der Waals surface area (Å²) in [7, 11) is 0. The molecule has 0 aliphatic carbocycles. The number of carbonyl (C=O) groups excluding carboxylic acids is 1. The fraction of sp³-hybridized carbons (Fsp3) is 0.267. The summed E-state index contributed by atoms with van der Waals surface area (Å²) in [5, 5.41) is 4.25. The van der Waals surface area contributed by atoms with Gasteiger partial charge in [0.2, 0.25) is 5.95 Å². The van der Waals surface area contributed by atoms with E-state index in [4.69, 9.17) is 15.2 Å². The summed E-state index contributed by atoms with van der Waals surface area (Å²) in [4.78, 5) is 15.3. The van der Waals surface area contributed by atoms with E-state index in [9.17, 15) is 4.79 Å². The van der Waals surface area contributed by atoms with Gasteiger partial charge in [0.15, 0.2) is 11.5 Å². The summed E-state index contributed by atoms with van der Waals surface area (Å²) < 4.78 is 12.8. The topological polar surface area (TPSA) is 91.7 Å². The third-order valence-corrected chi connectivity index (χ3v) is 3.33. The quantitative estimate of drug-likeness (QED) is 0.489. The van der Waals surface area contributed by atoms with E-state index in [1.54, 1.807) is 24.5 Å². The second kappa shape index (κ2) is 7.28. The van der Waals surface area contributed by atoms with Crippen LogP contribution in [0, 0.1) is 6.92 Å². The number of nitrogens with two attached hydrogens (primary N) is 1. The maximum Gasteiger partial charge on any atom is 0.308 e. The van der Waals surface area contributed by atoms with E-state index >= 15 is 0 Å². The highest BCUT2D eigenvalue weighted by molar-refractivity contribution is 9.10. The van der Waals surface area contributed by atoms with Crippen LogP contribution in [0.15, 0.2) is 27.9 Å². The van der Waals surface area contributed by atoms with E-state index in [1.165, 1.54) is 11.6 Å². The fourth-order valence-electron chi connectivity index (χ4n) is 1.89. The molecule has 0 spiro atoms. The molecule has 7 nitrogen and oxygen atoms in total. The van der Waals surface area contributed by atoms with Gasteiger partial charge in [-0.3, -0.25) is 4.79 Å². The van der Waals surface area contributed by atoms with Gasteiger partial charge in [-0.25, -0.2) is 9.66 Å². The van der Waals surface area contributed by atoms with Crippen LogP contribution in [-0.2, 0) is 4.79 Å². The number of anilines is 1. The number of hydrogen-bond donors (Lipinski definition) is 1. The first kappa shape index (κ1) is 17.0. The Morgan fingerprint density at radius 3 is 2.83 bits per heavy atom.